The second-order valence-electron chi connectivity index (χ2n) is 4.71. The Balaban J connectivity index is 1.89. The molecule has 1 amide bonds. The van der Waals surface area contributed by atoms with Gasteiger partial charge in [0.2, 0.25) is 5.91 Å². The zero-order valence-corrected chi connectivity index (χ0v) is 11.7. The lowest BCUT2D eigenvalue weighted by molar-refractivity contribution is -0.135. The molecule has 5 nitrogen and oxygen atoms in total. The minimum Gasteiger partial charge on any atom is -0.435 e. The first-order chi connectivity index (χ1) is 10.1. The maximum absolute atomic E-state index is 12.2. The second-order valence-corrected chi connectivity index (χ2v) is 4.71. The van der Waals surface area contributed by atoms with Crippen molar-refractivity contribution < 1.29 is 23.0 Å². The zero-order chi connectivity index (χ0) is 15.2. The molecule has 1 saturated heterocycles. The van der Waals surface area contributed by atoms with Crippen LogP contribution in [-0.2, 0) is 9.53 Å². The predicted molar refractivity (Wildman–Crippen MR) is 73.6 cm³/mol. The fourth-order valence-electron chi connectivity index (χ4n) is 2.10. The van der Waals surface area contributed by atoms with E-state index in [1.165, 1.54) is 12.1 Å². The number of halogens is 2. The van der Waals surface area contributed by atoms with Crippen LogP contribution in [0.15, 0.2) is 24.3 Å². The summed E-state index contributed by atoms with van der Waals surface area (Å²) in [4.78, 5) is 13.9. The van der Waals surface area contributed by atoms with Crippen LogP contribution in [-0.4, -0.2) is 49.8 Å². The summed E-state index contributed by atoms with van der Waals surface area (Å²) < 4.78 is 33.6. The lowest BCUT2D eigenvalue weighted by atomic mass is 10.2. The van der Waals surface area contributed by atoms with E-state index in [2.05, 4.69) is 10.1 Å². The van der Waals surface area contributed by atoms with Gasteiger partial charge in [-0.15, -0.1) is 0 Å². The fraction of sp³-hybridized carbons (Fsp3) is 0.500. The summed E-state index contributed by atoms with van der Waals surface area (Å²) in [6, 6.07) is 5.66. The number of carbonyl (C=O) groups excluding carboxylic acids is 1. The molecule has 0 saturated carbocycles. The SMILES string of the molecule is CC(Nc1ccc(OC(F)F)cc1)C(=O)N1CCOCC1. The van der Waals surface area contributed by atoms with Crippen molar-refractivity contribution in [2.24, 2.45) is 0 Å². The Hall–Kier alpha value is -1.89. The topological polar surface area (TPSA) is 50.8 Å². The van der Waals surface area contributed by atoms with Crippen molar-refractivity contribution in [2.45, 2.75) is 19.6 Å². The Morgan fingerprint density at radius 1 is 1.29 bits per heavy atom. The lowest BCUT2D eigenvalue weighted by Gasteiger charge is -2.29. The van der Waals surface area contributed by atoms with E-state index >= 15 is 0 Å². The van der Waals surface area contributed by atoms with Crippen LogP contribution in [0.1, 0.15) is 6.92 Å². The van der Waals surface area contributed by atoms with Gasteiger partial charge in [0.05, 0.1) is 13.2 Å². The number of benzene rings is 1. The first kappa shape index (κ1) is 15.5. The smallest absolute Gasteiger partial charge is 0.387 e. The molecule has 7 heteroatoms. The molecule has 0 spiro atoms. The number of ether oxygens (including phenoxy) is 2. The third-order valence-corrected chi connectivity index (χ3v) is 3.16. The number of carbonyl (C=O) groups is 1. The maximum atomic E-state index is 12.2. The highest BCUT2D eigenvalue weighted by molar-refractivity contribution is 5.84. The monoisotopic (exact) mass is 300 g/mol. The summed E-state index contributed by atoms with van der Waals surface area (Å²) in [5, 5.41) is 3.04. The number of alkyl halides is 2. The van der Waals surface area contributed by atoms with Crippen LogP contribution < -0.4 is 10.1 Å². The standard InChI is InChI=1S/C14H18F2N2O3/c1-10(13(19)18-6-8-20-9-7-18)17-11-2-4-12(5-3-11)21-14(15)16/h2-5,10,14,17H,6-9H2,1H3. The van der Waals surface area contributed by atoms with Gasteiger partial charge in [0, 0.05) is 18.8 Å². The molecule has 0 radical (unpaired) electrons. The number of morpholine rings is 1. The molecule has 21 heavy (non-hydrogen) atoms. The van der Waals surface area contributed by atoms with E-state index < -0.39 is 12.7 Å². The third-order valence-electron chi connectivity index (χ3n) is 3.16. The number of nitrogens with zero attached hydrogens (tertiary/aromatic N) is 1. The summed E-state index contributed by atoms with van der Waals surface area (Å²) in [6.45, 7) is 1.21. The van der Waals surface area contributed by atoms with E-state index in [0.717, 1.165) is 0 Å². The molecule has 1 atom stereocenters. The molecule has 1 aromatic rings. The largest absolute Gasteiger partial charge is 0.435 e. The number of anilines is 1. The summed E-state index contributed by atoms with van der Waals surface area (Å²) in [7, 11) is 0. The van der Waals surface area contributed by atoms with Crippen molar-refractivity contribution in [1.29, 1.82) is 0 Å². The normalized spacial score (nSPS) is 16.7. The van der Waals surface area contributed by atoms with Crippen molar-refractivity contribution in [3.8, 4) is 5.75 Å². The molecule has 1 fully saturated rings. The quantitative estimate of drug-likeness (QED) is 0.903. The number of nitrogens with one attached hydrogen (secondary N) is 1. The number of rotatable bonds is 5. The van der Waals surface area contributed by atoms with Gasteiger partial charge < -0.3 is 19.7 Å². The predicted octanol–water partition coefficient (Wildman–Crippen LogP) is 1.95. The van der Waals surface area contributed by atoms with Gasteiger partial charge in [0.15, 0.2) is 0 Å². The highest BCUT2D eigenvalue weighted by atomic mass is 19.3. The van der Waals surface area contributed by atoms with Crippen LogP contribution in [0.3, 0.4) is 0 Å². The number of amides is 1. The summed E-state index contributed by atoms with van der Waals surface area (Å²) >= 11 is 0. The molecule has 1 heterocycles. The van der Waals surface area contributed by atoms with Gasteiger partial charge in [-0.1, -0.05) is 0 Å². The van der Waals surface area contributed by atoms with E-state index in [1.54, 1.807) is 24.0 Å². The Morgan fingerprint density at radius 3 is 2.48 bits per heavy atom. The van der Waals surface area contributed by atoms with Gasteiger partial charge in [0.25, 0.3) is 0 Å². The lowest BCUT2D eigenvalue weighted by Crippen LogP contribution is -2.46. The Labute approximate surface area is 121 Å². The van der Waals surface area contributed by atoms with E-state index in [1.807, 2.05) is 0 Å². The minimum absolute atomic E-state index is 0.00814. The molecule has 0 aliphatic carbocycles. The second kappa shape index (κ2) is 7.21. The van der Waals surface area contributed by atoms with Crippen molar-refractivity contribution in [3.63, 3.8) is 0 Å². The molecule has 1 N–H and O–H groups in total. The summed E-state index contributed by atoms with van der Waals surface area (Å²) in [5.74, 6) is 0.0777. The van der Waals surface area contributed by atoms with Crippen molar-refractivity contribution >= 4 is 11.6 Å². The van der Waals surface area contributed by atoms with Crippen LogP contribution in [0, 0.1) is 0 Å². The van der Waals surface area contributed by atoms with Crippen LogP contribution in [0.4, 0.5) is 14.5 Å². The molecule has 0 aromatic heterocycles. The molecule has 1 aliphatic heterocycles. The van der Waals surface area contributed by atoms with Crippen molar-refractivity contribution in [2.75, 3.05) is 31.6 Å². The Morgan fingerprint density at radius 2 is 1.90 bits per heavy atom. The average molecular weight is 300 g/mol. The van der Waals surface area contributed by atoms with Crippen molar-refractivity contribution in [1.82, 2.24) is 4.90 Å². The first-order valence-corrected chi connectivity index (χ1v) is 6.74. The third kappa shape index (κ3) is 4.56. The van der Waals surface area contributed by atoms with Gasteiger partial charge in [-0.3, -0.25) is 4.79 Å². The summed E-state index contributed by atoms with van der Waals surface area (Å²) in [6.07, 6.45) is 0. The molecule has 1 aliphatic rings. The number of hydrogen-bond donors (Lipinski definition) is 1. The highest BCUT2D eigenvalue weighted by Crippen LogP contribution is 2.18. The van der Waals surface area contributed by atoms with Gasteiger partial charge in [0.1, 0.15) is 11.8 Å². The highest BCUT2D eigenvalue weighted by Gasteiger charge is 2.22. The molecule has 0 bridgehead atoms. The van der Waals surface area contributed by atoms with Crippen LogP contribution in [0.5, 0.6) is 5.75 Å². The minimum atomic E-state index is -2.84. The van der Waals surface area contributed by atoms with Crippen LogP contribution >= 0.6 is 0 Å². The van der Waals surface area contributed by atoms with Gasteiger partial charge in [-0.05, 0) is 31.2 Å². The Bertz CT molecular complexity index is 462. The fourth-order valence-corrected chi connectivity index (χ4v) is 2.10. The van der Waals surface area contributed by atoms with Gasteiger partial charge >= 0.3 is 6.61 Å². The molecule has 2 rings (SSSR count). The molecule has 1 unspecified atom stereocenters. The van der Waals surface area contributed by atoms with Crippen molar-refractivity contribution in [3.05, 3.63) is 24.3 Å². The Kier molecular flexibility index (Phi) is 5.32. The van der Waals surface area contributed by atoms with E-state index in [9.17, 15) is 13.6 Å². The summed E-state index contributed by atoms with van der Waals surface area (Å²) in [5.41, 5.74) is 0.672. The average Bonchev–Trinajstić information content (AvgIpc) is 2.49. The van der Waals surface area contributed by atoms with Gasteiger partial charge in [-0.25, -0.2) is 0 Å². The molecular weight excluding hydrogens is 282 g/mol. The zero-order valence-electron chi connectivity index (χ0n) is 11.7. The first-order valence-electron chi connectivity index (χ1n) is 6.74. The maximum Gasteiger partial charge on any atom is 0.387 e. The van der Waals surface area contributed by atoms with Crippen LogP contribution in [0.25, 0.3) is 0 Å². The molecule has 1 aromatic carbocycles. The van der Waals surface area contributed by atoms with Crippen LogP contribution in [0.2, 0.25) is 0 Å². The molecular formula is C14H18F2N2O3. The van der Waals surface area contributed by atoms with E-state index in [4.69, 9.17) is 4.74 Å². The molecule has 116 valence electrons. The van der Waals surface area contributed by atoms with E-state index in [-0.39, 0.29) is 11.7 Å². The van der Waals surface area contributed by atoms with Gasteiger partial charge in [-0.2, -0.15) is 8.78 Å². The van der Waals surface area contributed by atoms with E-state index in [0.29, 0.717) is 32.0 Å². The number of hydrogen-bond acceptors (Lipinski definition) is 4.